The molecule has 4 N–H and O–H groups in total. The number of hydrogen-bond acceptors (Lipinski definition) is 22. The summed E-state index contributed by atoms with van der Waals surface area (Å²) < 4.78 is 12.1. The number of hydrogen-bond donors (Lipinski definition) is 4. The molecule has 1 aliphatic carbocycles. The number of allylic oxidation sites excluding steroid dienone is 4. The fourth-order valence-electron chi connectivity index (χ4n) is 10.8. The zero-order chi connectivity index (χ0) is 80.5. The van der Waals surface area contributed by atoms with Gasteiger partial charge in [0.2, 0.25) is 11.8 Å². The van der Waals surface area contributed by atoms with E-state index < -0.39 is 5.56 Å². The number of likely N-dealkylation sites (N-methyl/N-ethyl adjacent to an activating group) is 2. The summed E-state index contributed by atoms with van der Waals surface area (Å²) >= 11 is 5.90. The van der Waals surface area contributed by atoms with E-state index in [9.17, 15) is 39.9 Å². The summed E-state index contributed by atoms with van der Waals surface area (Å²) in [5.41, 5.74) is 12.7. The van der Waals surface area contributed by atoms with Gasteiger partial charge in [0.25, 0.3) is 17.2 Å². The van der Waals surface area contributed by atoms with Crippen molar-refractivity contribution in [3.63, 3.8) is 0 Å². The molecule has 0 spiro atoms. The average molecular weight is 1520 g/mol. The number of ether oxygens (including phenoxy) is 2. The van der Waals surface area contributed by atoms with Gasteiger partial charge in [-0.1, -0.05) is 61.0 Å². The Morgan fingerprint density at radius 2 is 1.23 bits per heavy atom. The van der Waals surface area contributed by atoms with Gasteiger partial charge < -0.3 is 44.8 Å². The first kappa shape index (κ1) is 85.6. The lowest BCUT2D eigenvalue weighted by atomic mass is 10.1. The van der Waals surface area contributed by atoms with Crippen LogP contribution >= 0.6 is 11.6 Å². The minimum absolute atomic E-state index is 0.00463. The van der Waals surface area contributed by atoms with E-state index in [1.165, 1.54) is 17.2 Å². The number of aromatic hydroxyl groups is 1. The molecule has 1 aromatic heterocycles. The number of nitrogens with one attached hydrogen (secondary N) is 1. The summed E-state index contributed by atoms with van der Waals surface area (Å²) in [5.74, 6) is 2.13. The third kappa shape index (κ3) is 25.2. The molecule has 0 unspecified atom stereocenters. The van der Waals surface area contributed by atoms with Gasteiger partial charge in [-0.15, -0.1) is 5.11 Å². The van der Waals surface area contributed by atoms with E-state index in [-0.39, 0.29) is 71.9 Å². The van der Waals surface area contributed by atoms with Crippen LogP contribution in [0.3, 0.4) is 0 Å². The number of carbonyl (C=O) groups excluding carboxylic acids is 3. The number of aliphatic hydroxyl groups excluding tert-OH is 2. The predicted molar refractivity (Wildman–Crippen MR) is 441 cm³/mol. The second-order valence-corrected chi connectivity index (χ2v) is 25.8. The van der Waals surface area contributed by atoms with E-state index in [4.69, 9.17) is 26.2 Å². The third-order valence-corrected chi connectivity index (χ3v) is 17.2. The highest BCUT2D eigenvalue weighted by Crippen LogP contribution is 2.32. The normalized spacial score (nSPS) is 12.9. The summed E-state index contributed by atoms with van der Waals surface area (Å²) in [5, 5.41) is 73.1. The SMILES string of the molecule is CCC(=O)NC1=CC(=O)C=CC1=Nc1ccc(N(CC)CCO)cc1C.CCN(C)c1ccc(N=C2C(=O)N(c3ccccc3)N=C2C)c(C)c1.CCN(CCO)c1ccc(N=C=C(C#N)Oc2cccc(Cl)c2)c(C)c1.Cc1c(C#N)c(O)n(CCCOC(C)C)c(=O)c1N=Nc1ccc(N=Nc2ccccc2)cc1. The summed E-state index contributed by atoms with van der Waals surface area (Å²) in [6.07, 6.45) is 5.32. The van der Waals surface area contributed by atoms with Gasteiger partial charge in [0.1, 0.15) is 23.5 Å². The molecular weight excluding hydrogens is 1420 g/mol. The Hall–Kier alpha value is -12.6. The molecule has 2 amide bonds. The largest absolute Gasteiger partial charge is 0.493 e. The number of hydrazone groups is 1. The minimum atomic E-state index is -0.518. The summed E-state index contributed by atoms with van der Waals surface area (Å²) in [7, 11) is 2.05. The lowest BCUT2D eigenvalue weighted by Crippen LogP contribution is -2.28. The van der Waals surface area contributed by atoms with Crippen LogP contribution in [0.15, 0.2) is 239 Å². The van der Waals surface area contributed by atoms with Gasteiger partial charge in [-0.3, -0.25) is 23.7 Å². The van der Waals surface area contributed by atoms with Gasteiger partial charge in [0.05, 0.1) is 76.2 Å². The highest BCUT2D eigenvalue weighted by molar-refractivity contribution is 6.71. The van der Waals surface area contributed by atoms with E-state index in [0.29, 0.717) is 83.2 Å². The van der Waals surface area contributed by atoms with Crippen molar-refractivity contribution >= 4 is 115 Å². The van der Waals surface area contributed by atoms with Crippen molar-refractivity contribution in [3.05, 3.63) is 237 Å². The summed E-state index contributed by atoms with van der Waals surface area (Å²) in [4.78, 5) is 68.8. The smallest absolute Gasteiger partial charge is 0.299 e. The van der Waals surface area contributed by atoms with Crippen molar-refractivity contribution in [2.24, 2.45) is 40.5 Å². The lowest BCUT2D eigenvalue weighted by Gasteiger charge is -2.22. The van der Waals surface area contributed by atoms with Gasteiger partial charge >= 0.3 is 0 Å². The van der Waals surface area contributed by atoms with Crippen molar-refractivity contribution in [1.82, 2.24) is 9.88 Å². The number of rotatable bonds is 27. The Kier molecular flexibility index (Phi) is 33.5. The van der Waals surface area contributed by atoms with Crippen molar-refractivity contribution in [2.45, 2.75) is 102 Å². The first-order valence-electron chi connectivity index (χ1n) is 36.2. The number of benzene rings is 7. The van der Waals surface area contributed by atoms with E-state index in [1.54, 1.807) is 68.5 Å². The molecule has 25 nitrogen and oxygen atoms in total. The molecule has 7 aromatic carbocycles. The predicted octanol–water partition coefficient (Wildman–Crippen LogP) is 17.0. The molecule has 0 fully saturated rings. The number of anilines is 4. The van der Waals surface area contributed by atoms with Gasteiger partial charge in [-0.2, -0.15) is 36.0 Å². The summed E-state index contributed by atoms with van der Waals surface area (Å²) in [6.45, 7) is 25.5. The Bertz CT molecular complexity index is 5010. The van der Waals surface area contributed by atoms with Gasteiger partial charge in [-0.25, -0.2) is 15.0 Å². The van der Waals surface area contributed by atoms with E-state index >= 15 is 0 Å². The molecule has 0 atom stereocenters. The highest BCUT2D eigenvalue weighted by atomic mass is 35.5. The van der Waals surface area contributed by atoms with Crippen molar-refractivity contribution in [3.8, 4) is 23.8 Å². The summed E-state index contributed by atoms with van der Waals surface area (Å²) in [6, 6.07) is 54.0. The molecule has 2 heterocycles. The molecule has 111 heavy (non-hydrogen) atoms. The number of azo groups is 2. The first-order valence-corrected chi connectivity index (χ1v) is 36.6. The molecule has 8 aromatic rings. The topological polar surface area (TPSA) is 324 Å². The Labute approximate surface area is 652 Å². The Morgan fingerprint density at radius 1 is 0.667 bits per heavy atom. The maximum atomic E-state index is 13.0. The zero-order valence-corrected chi connectivity index (χ0v) is 65.3. The number of aliphatic hydroxyl groups is 2. The van der Waals surface area contributed by atoms with Gasteiger partial charge in [0.15, 0.2) is 17.2 Å². The van der Waals surface area contributed by atoms with Crippen LogP contribution in [0.2, 0.25) is 5.02 Å². The molecule has 0 saturated carbocycles. The van der Waals surface area contributed by atoms with Crippen LogP contribution in [0.4, 0.5) is 62.6 Å². The average Bonchev–Trinajstić information content (AvgIpc) is 1.71. The molecular formula is C85H93ClN16O9. The van der Waals surface area contributed by atoms with Gasteiger partial charge in [-0.05, 0) is 226 Å². The monoisotopic (exact) mass is 1520 g/mol. The standard InChI is InChI=1S/C25H26N6O3.C20H20ClN3O2.C20H22N4O.C20H25N3O3/c1-17(2)34-15-7-14-31-24(32)22(16-26)18(3)23(25(31)33)30-29-21-12-10-20(11-13-21)28-27-19-8-5-4-6-9-19;1-3-24(9-10-25)17-7-8-20(15(2)11-17)23-14-19(13-22)26-18-6-4-5-16(21)12-18;1-5-23(4)17-11-12-18(14(2)13-17)21-19-15(3)22-24(20(19)25)16-9-7-6-8-10-16;1-4-20(26)22-19-13-16(25)7-9-18(19)21-17-8-6-15(12-14(17)3)23(5-2)10-11-24/h4-6,8-13,17,32H,7,14-15H2,1-3H3;4-8,11-12,25H,3,9-10H2,1-2H3;6-13H,5H2,1-4H3;6-9,12-13,24H,4-5,10-11H2,1-3H3,(H,22,26). The Morgan fingerprint density at radius 3 is 1.77 bits per heavy atom. The number of nitriles is 2. The third-order valence-electron chi connectivity index (χ3n) is 17.0. The quantitative estimate of drug-likeness (QED) is 0.00929. The first-order chi connectivity index (χ1) is 53.5. The van der Waals surface area contributed by atoms with Crippen LogP contribution < -0.4 is 35.3 Å². The van der Waals surface area contributed by atoms with E-state index in [0.717, 1.165) is 80.7 Å². The number of pyridine rings is 1. The number of nitrogens with zero attached hydrogens (tertiary/aromatic N) is 15. The minimum Gasteiger partial charge on any atom is -0.493 e. The van der Waals surface area contributed by atoms with Crippen LogP contribution in [0.1, 0.15) is 89.1 Å². The highest BCUT2D eigenvalue weighted by Gasteiger charge is 2.31. The number of ketones is 1. The molecule has 26 heteroatoms. The fourth-order valence-corrected chi connectivity index (χ4v) is 11.0. The van der Waals surface area contributed by atoms with Crippen molar-refractivity contribution in [1.29, 1.82) is 10.5 Å². The van der Waals surface area contributed by atoms with Gasteiger partial charge in [0, 0.05) is 98.9 Å². The van der Waals surface area contributed by atoms with E-state index in [2.05, 4.69) is 86.5 Å². The van der Waals surface area contributed by atoms with Crippen LogP contribution in [0.25, 0.3) is 0 Å². The maximum absolute atomic E-state index is 13.0. The second kappa shape index (κ2) is 43.4. The number of aliphatic imine (C=N–C) groups is 3. The van der Waals surface area contributed by atoms with Crippen LogP contribution in [-0.2, 0) is 25.7 Å². The molecule has 10 rings (SSSR count). The van der Waals surface area contributed by atoms with Crippen LogP contribution in [0, 0.1) is 50.4 Å². The number of aryl methyl sites for hydroxylation is 3. The zero-order valence-electron chi connectivity index (χ0n) is 64.6. The maximum Gasteiger partial charge on any atom is 0.299 e. The second-order valence-electron chi connectivity index (χ2n) is 25.3. The number of amides is 2. The molecule has 2 aliphatic rings. The molecule has 1 aliphatic heterocycles. The molecule has 0 bridgehead atoms. The van der Waals surface area contributed by atoms with Crippen LogP contribution in [-0.4, -0.2) is 126 Å². The number of halogens is 1. The van der Waals surface area contributed by atoms with Crippen LogP contribution in [0.5, 0.6) is 11.6 Å². The lowest BCUT2D eigenvalue weighted by molar-refractivity contribution is -0.120. The fraction of sp³-hybridized carbons (Fsp3) is 0.282. The molecule has 574 valence electrons. The molecule has 0 radical (unpaired) electrons. The molecule has 0 saturated heterocycles. The Balaban J connectivity index is 0.000000207. The number of para-hydroxylation sites is 1. The number of aromatic nitrogens is 1. The number of carbonyl (C=O) groups is 3. The van der Waals surface area contributed by atoms with E-state index in [1.807, 2.05) is 177 Å². The van der Waals surface area contributed by atoms with Crippen molar-refractivity contribution < 1.29 is 39.2 Å². The van der Waals surface area contributed by atoms with Crippen molar-refractivity contribution in [2.75, 3.05) is 79.3 Å².